The molecule has 0 bridgehead atoms. The second-order valence-electron chi connectivity index (χ2n) is 9.16. The number of fused-ring (bicyclic) bond motifs is 4. The van der Waals surface area contributed by atoms with E-state index < -0.39 is 0 Å². The standard InChI is InChI=1S/C27H32N4O/c1-4-31-24-18-21(3)9-12-23(24)30-15-5-6-25(30)27(31)13-16-29(17-14-27)26(32)28-19-22-10-7-20(2)8-11-22/h5-12,15,18H,4,13-14,16-17,19H2,1-3H3,(H,28,32). The van der Waals surface area contributed by atoms with E-state index in [2.05, 4.69) is 96.3 Å². The second kappa shape index (κ2) is 8.05. The predicted molar refractivity (Wildman–Crippen MR) is 129 cm³/mol. The molecule has 1 spiro atoms. The van der Waals surface area contributed by atoms with Crippen molar-refractivity contribution in [1.29, 1.82) is 0 Å². The van der Waals surface area contributed by atoms with Gasteiger partial charge in [0.15, 0.2) is 0 Å². The van der Waals surface area contributed by atoms with E-state index in [0.717, 1.165) is 38.0 Å². The molecule has 0 saturated carbocycles. The van der Waals surface area contributed by atoms with Crippen LogP contribution in [-0.4, -0.2) is 35.1 Å². The number of aromatic nitrogens is 1. The highest BCUT2D eigenvalue weighted by atomic mass is 16.2. The summed E-state index contributed by atoms with van der Waals surface area (Å²) in [6, 6.07) is 19.5. The average Bonchev–Trinajstić information content (AvgIpc) is 3.30. The van der Waals surface area contributed by atoms with Crippen LogP contribution < -0.4 is 10.2 Å². The Hall–Kier alpha value is -3.21. The lowest BCUT2D eigenvalue weighted by atomic mass is 9.80. The van der Waals surface area contributed by atoms with Gasteiger partial charge in [-0.1, -0.05) is 35.9 Å². The molecule has 0 unspecified atom stereocenters. The normalized spacial score (nSPS) is 16.6. The number of likely N-dealkylation sites (tertiary alicyclic amines) is 1. The zero-order chi connectivity index (χ0) is 22.3. The molecule has 2 aliphatic heterocycles. The SMILES string of the molecule is CCN1c2cc(C)ccc2-n2cccc2C12CCN(C(=O)NCc1ccc(C)cc1)CC2. The number of nitrogens with zero attached hydrogens (tertiary/aromatic N) is 3. The van der Waals surface area contributed by atoms with Gasteiger partial charge in [0, 0.05) is 38.1 Å². The first-order chi connectivity index (χ1) is 15.5. The van der Waals surface area contributed by atoms with Gasteiger partial charge in [-0.2, -0.15) is 0 Å². The van der Waals surface area contributed by atoms with Crippen molar-refractivity contribution < 1.29 is 4.79 Å². The van der Waals surface area contributed by atoms with E-state index in [1.54, 1.807) is 0 Å². The van der Waals surface area contributed by atoms with Crippen molar-refractivity contribution in [3.05, 3.63) is 83.2 Å². The van der Waals surface area contributed by atoms with Crippen LogP contribution in [0.25, 0.3) is 5.69 Å². The number of hydrogen-bond acceptors (Lipinski definition) is 2. The molecule has 0 radical (unpaired) electrons. The molecule has 0 aliphatic carbocycles. The molecule has 1 saturated heterocycles. The maximum absolute atomic E-state index is 12.9. The molecule has 5 heteroatoms. The van der Waals surface area contributed by atoms with Gasteiger partial charge in [0.05, 0.1) is 16.9 Å². The zero-order valence-electron chi connectivity index (χ0n) is 19.3. The van der Waals surface area contributed by atoms with E-state index in [1.807, 2.05) is 4.90 Å². The molecule has 0 atom stereocenters. The first-order valence-corrected chi connectivity index (χ1v) is 11.7. The molecule has 2 aliphatic rings. The van der Waals surface area contributed by atoms with E-state index >= 15 is 0 Å². The Balaban J connectivity index is 1.35. The number of aryl methyl sites for hydroxylation is 2. The molecule has 1 N–H and O–H groups in total. The van der Waals surface area contributed by atoms with E-state index in [4.69, 9.17) is 0 Å². The largest absolute Gasteiger partial charge is 0.359 e. The third kappa shape index (κ3) is 3.36. The van der Waals surface area contributed by atoms with Gasteiger partial charge in [0.2, 0.25) is 0 Å². The van der Waals surface area contributed by atoms with Crippen LogP contribution in [0.1, 0.15) is 42.1 Å². The summed E-state index contributed by atoms with van der Waals surface area (Å²) in [5.41, 5.74) is 7.46. The van der Waals surface area contributed by atoms with Crippen molar-refractivity contribution in [3.8, 4) is 5.69 Å². The van der Waals surface area contributed by atoms with Gasteiger partial charge in [-0.05, 0) is 69.0 Å². The highest BCUT2D eigenvalue weighted by Gasteiger charge is 2.46. The highest BCUT2D eigenvalue weighted by molar-refractivity contribution is 5.75. The zero-order valence-corrected chi connectivity index (χ0v) is 19.3. The number of nitrogens with one attached hydrogen (secondary N) is 1. The van der Waals surface area contributed by atoms with Crippen LogP contribution in [-0.2, 0) is 12.1 Å². The minimum Gasteiger partial charge on any atom is -0.359 e. The van der Waals surface area contributed by atoms with Gasteiger partial charge in [0.1, 0.15) is 0 Å². The van der Waals surface area contributed by atoms with Crippen LogP contribution in [0, 0.1) is 13.8 Å². The molecule has 2 amide bonds. The van der Waals surface area contributed by atoms with Crippen molar-refractivity contribution in [2.75, 3.05) is 24.5 Å². The minimum atomic E-state index is -0.0766. The van der Waals surface area contributed by atoms with Gasteiger partial charge in [-0.25, -0.2) is 4.79 Å². The number of anilines is 1. The topological polar surface area (TPSA) is 40.5 Å². The van der Waals surface area contributed by atoms with E-state index in [9.17, 15) is 4.79 Å². The summed E-state index contributed by atoms with van der Waals surface area (Å²) in [7, 11) is 0. The van der Waals surface area contributed by atoms with Crippen molar-refractivity contribution in [2.45, 2.75) is 45.7 Å². The molecule has 2 aromatic carbocycles. The van der Waals surface area contributed by atoms with Crippen LogP contribution >= 0.6 is 0 Å². The molecule has 32 heavy (non-hydrogen) atoms. The summed E-state index contributed by atoms with van der Waals surface area (Å²) >= 11 is 0. The van der Waals surface area contributed by atoms with Crippen LogP contribution in [0.5, 0.6) is 0 Å². The molecular weight excluding hydrogens is 396 g/mol. The van der Waals surface area contributed by atoms with Crippen LogP contribution in [0.15, 0.2) is 60.8 Å². The molecule has 5 rings (SSSR count). The fraction of sp³-hybridized carbons (Fsp3) is 0.370. The first kappa shape index (κ1) is 20.7. The summed E-state index contributed by atoms with van der Waals surface area (Å²) < 4.78 is 2.36. The van der Waals surface area contributed by atoms with Gasteiger partial charge < -0.3 is 19.7 Å². The summed E-state index contributed by atoms with van der Waals surface area (Å²) in [4.78, 5) is 17.4. The average molecular weight is 429 g/mol. The van der Waals surface area contributed by atoms with E-state index in [0.29, 0.717) is 6.54 Å². The number of carbonyl (C=O) groups excluding carboxylic acids is 1. The maximum atomic E-state index is 12.9. The van der Waals surface area contributed by atoms with Gasteiger partial charge in [-0.3, -0.25) is 0 Å². The third-order valence-corrected chi connectivity index (χ3v) is 7.18. The van der Waals surface area contributed by atoms with Gasteiger partial charge >= 0.3 is 6.03 Å². The molecule has 5 nitrogen and oxygen atoms in total. The minimum absolute atomic E-state index is 0.0333. The second-order valence-corrected chi connectivity index (χ2v) is 9.16. The van der Waals surface area contributed by atoms with Crippen molar-refractivity contribution in [1.82, 2.24) is 14.8 Å². The predicted octanol–water partition coefficient (Wildman–Crippen LogP) is 5.13. The fourth-order valence-corrected chi connectivity index (χ4v) is 5.47. The van der Waals surface area contributed by atoms with Crippen molar-refractivity contribution >= 4 is 11.7 Å². The number of hydrogen-bond donors (Lipinski definition) is 1. The van der Waals surface area contributed by atoms with Gasteiger partial charge in [-0.15, -0.1) is 0 Å². The lowest BCUT2D eigenvalue weighted by Gasteiger charge is -2.53. The van der Waals surface area contributed by atoms with Crippen LogP contribution in [0.4, 0.5) is 10.5 Å². The Labute approximate surface area is 190 Å². The Morgan fingerprint density at radius 3 is 2.41 bits per heavy atom. The van der Waals surface area contributed by atoms with E-state index in [1.165, 1.54) is 28.2 Å². The smallest absolute Gasteiger partial charge is 0.317 e. The van der Waals surface area contributed by atoms with Gasteiger partial charge in [0.25, 0.3) is 0 Å². The Kier molecular flexibility index (Phi) is 5.20. The van der Waals surface area contributed by atoms with Crippen molar-refractivity contribution in [3.63, 3.8) is 0 Å². The summed E-state index contributed by atoms with van der Waals surface area (Å²) in [5, 5.41) is 3.11. The lowest BCUT2D eigenvalue weighted by Crippen LogP contribution is -2.57. The number of carbonyl (C=O) groups is 1. The first-order valence-electron chi connectivity index (χ1n) is 11.7. The molecule has 3 heterocycles. The number of benzene rings is 2. The fourth-order valence-electron chi connectivity index (χ4n) is 5.47. The van der Waals surface area contributed by atoms with Crippen LogP contribution in [0.3, 0.4) is 0 Å². The molecule has 1 fully saturated rings. The monoisotopic (exact) mass is 428 g/mol. The molecule has 166 valence electrons. The van der Waals surface area contributed by atoms with Crippen LogP contribution in [0.2, 0.25) is 0 Å². The summed E-state index contributed by atoms with van der Waals surface area (Å²) in [6.45, 7) is 9.50. The Morgan fingerprint density at radius 1 is 0.969 bits per heavy atom. The highest BCUT2D eigenvalue weighted by Crippen LogP contribution is 2.48. The third-order valence-electron chi connectivity index (χ3n) is 7.18. The number of amides is 2. The number of piperidine rings is 1. The Morgan fingerprint density at radius 2 is 1.69 bits per heavy atom. The maximum Gasteiger partial charge on any atom is 0.317 e. The van der Waals surface area contributed by atoms with Crippen molar-refractivity contribution in [2.24, 2.45) is 0 Å². The quantitative estimate of drug-likeness (QED) is 0.628. The summed E-state index contributed by atoms with van der Waals surface area (Å²) in [6.07, 6.45) is 4.03. The van der Waals surface area contributed by atoms with E-state index in [-0.39, 0.29) is 11.6 Å². The lowest BCUT2D eigenvalue weighted by molar-refractivity contribution is 0.151. The Bertz CT molecular complexity index is 1120. The molecule has 1 aromatic heterocycles. The number of urea groups is 1. The number of rotatable bonds is 3. The molecule has 3 aromatic rings. The summed E-state index contributed by atoms with van der Waals surface area (Å²) in [5.74, 6) is 0. The molecular formula is C27H32N4O.